The Labute approximate surface area is 79.0 Å². The molecule has 1 aromatic rings. The van der Waals surface area contributed by atoms with Crippen molar-refractivity contribution in [3.63, 3.8) is 0 Å². The molecule has 70 valence electrons. The Morgan fingerprint density at radius 3 is 2.62 bits per heavy atom. The number of aryl methyl sites for hydroxylation is 1. The number of rotatable bonds is 4. The highest BCUT2D eigenvalue weighted by molar-refractivity contribution is 5.80. The van der Waals surface area contributed by atoms with Crippen molar-refractivity contribution >= 4 is 5.78 Å². The lowest BCUT2D eigenvalue weighted by Crippen LogP contribution is -2.03. The Balaban J connectivity index is 2.71. The molecule has 0 unspecified atom stereocenters. The zero-order valence-electron chi connectivity index (χ0n) is 8.21. The molecule has 0 aliphatic carbocycles. The number of carbonyl (C=O) groups excluding carboxylic acids is 1. The second kappa shape index (κ2) is 4.75. The molecule has 0 spiro atoms. The van der Waals surface area contributed by atoms with Crippen LogP contribution < -0.4 is 0 Å². The second-order valence-corrected chi connectivity index (χ2v) is 3.04. The van der Waals surface area contributed by atoms with Crippen molar-refractivity contribution in [2.45, 2.75) is 33.1 Å². The number of nitrogens with zero attached hydrogens (tertiary/aromatic N) is 1. The fourth-order valence-corrected chi connectivity index (χ4v) is 1.15. The van der Waals surface area contributed by atoms with Gasteiger partial charge in [0.05, 0.1) is 0 Å². The molecule has 13 heavy (non-hydrogen) atoms. The molecule has 0 aromatic carbocycles. The Kier molecular flexibility index (Phi) is 3.62. The first kappa shape index (κ1) is 9.90. The normalized spacial score (nSPS) is 10.0. The number of carbonyl (C=O) groups is 1. The molecule has 0 amide bonds. The van der Waals surface area contributed by atoms with Gasteiger partial charge in [-0.3, -0.25) is 9.78 Å². The Bertz CT molecular complexity index is 294. The molecule has 1 aromatic heterocycles. The molecule has 0 bridgehead atoms. The van der Waals surface area contributed by atoms with Gasteiger partial charge in [0.1, 0.15) is 5.78 Å². The van der Waals surface area contributed by atoms with Gasteiger partial charge in [0.2, 0.25) is 0 Å². The lowest BCUT2D eigenvalue weighted by atomic mass is 10.1. The van der Waals surface area contributed by atoms with Gasteiger partial charge in [-0.25, -0.2) is 0 Å². The van der Waals surface area contributed by atoms with Gasteiger partial charge in [0, 0.05) is 24.2 Å². The van der Waals surface area contributed by atoms with Gasteiger partial charge >= 0.3 is 0 Å². The predicted molar refractivity (Wildman–Crippen MR) is 52.6 cm³/mol. The van der Waals surface area contributed by atoms with E-state index in [9.17, 15) is 4.79 Å². The van der Waals surface area contributed by atoms with E-state index in [1.165, 1.54) is 0 Å². The first-order chi connectivity index (χ1) is 6.26. The Morgan fingerprint density at radius 1 is 1.31 bits per heavy atom. The molecule has 1 rings (SSSR count). The van der Waals surface area contributed by atoms with E-state index in [4.69, 9.17) is 0 Å². The largest absolute Gasteiger partial charge is 0.299 e. The Morgan fingerprint density at radius 2 is 2.00 bits per heavy atom. The topological polar surface area (TPSA) is 30.0 Å². The average molecular weight is 177 g/mol. The third-order valence-electron chi connectivity index (χ3n) is 2.00. The quantitative estimate of drug-likeness (QED) is 0.705. The summed E-state index contributed by atoms with van der Waals surface area (Å²) in [6.07, 6.45) is 2.00. The van der Waals surface area contributed by atoms with E-state index in [0.29, 0.717) is 12.8 Å². The maximum absolute atomic E-state index is 11.1. The monoisotopic (exact) mass is 177 g/mol. The van der Waals surface area contributed by atoms with Crippen molar-refractivity contribution in [2.75, 3.05) is 0 Å². The van der Waals surface area contributed by atoms with Crippen LogP contribution in [0.3, 0.4) is 0 Å². The van der Waals surface area contributed by atoms with Crippen LogP contribution in [0, 0.1) is 0 Å². The molecule has 0 N–H and O–H groups in total. The minimum absolute atomic E-state index is 0.251. The lowest BCUT2D eigenvalue weighted by molar-refractivity contribution is -0.118. The number of pyridine rings is 1. The SMILES string of the molecule is CCC(=O)Cc1cccc(CC)n1. The van der Waals surface area contributed by atoms with Crippen LogP contribution in [-0.4, -0.2) is 10.8 Å². The first-order valence-corrected chi connectivity index (χ1v) is 4.72. The highest BCUT2D eigenvalue weighted by Gasteiger charge is 2.02. The summed E-state index contributed by atoms with van der Waals surface area (Å²) in [6, 6.07) is 5.86. The maximum atomic E-state index is 11.1. The first-order valence-electron chi connectivity index (χ1n) is 4.72. The zero-order valence-corrected chi connectivity index (χ0v) is 8.21. The van der Waals surface area contributed by atoms with E-state index in [-0.39, 0.29) is 5.78 Å². The van der Waals surface area contributed by atoms with Crippen LogP contribution in [0.2, 0.25) is 0 Å². The fourth-order valence-electron chi connectivity index (χ4n) is 1.15. The maximum Gasteiger partial charge on any atom is 0.138 e. The minimum Gasteiger partial charge on any atom is -0.299 e. The van der Waals surface area contributed by atoms with Gasteiger partial charge in [0.25, 0.3) is 0 Å². The summed E-state index contributed by atoms with van der Waals surface area (Å²) < 4.78 is 0. The molecule has 0 radical (unpaired) electrons. The van der Waals surface area contributed by atoms with Crippen molar-refractivity contribution < 1.29 is 4.79 Å². The van der Waals surface area contributed by atoms with Crippen molar-refractivity contribution in [2.24, 2.45) is 0 Å². The molecule has 0 fully saturated rings. The van der Waals surface area contributed by atoms with Crippen LogP contribution in [0.5, 0.6) is 0 Å². The average Bonchev–Trinajstić information content (AvgIpc) is 2.18. The van der Waals surface area contributed by atoms with Crippen LogP contribution in [0.4, 0.5) is 0 Å². The van der Waals surface area contributed by atoms with Crippen LogP contribution in [-0.2, 0) is 17.6 Å². The Hall–Kier alpha value is -1.18. The fraction of sp³-hybridized carbons (Fsp3) is 0.455. The molecular formula is C11H15NO. The van der Waals surface area contributed by atoms with Crippen LogP contribution >= 0.6 is 0 Å². The van der Waals surface area contributed by atoms with Crippen molar-refractivity contribution in [1.82, 2.24) is 4.98 Å². The second-order valence-electron chi connectivity index (χ2n) is 3.04. The predicted octanol–water partition coefficient (Wildman–Crippen LogP) is 2.17. The summed E-state index contributed by atoms with van der Waals surface area (Å²) >= 11 is 0. The van der Waals surface area contributed by atoms with Gasteiger partial charge in [-0.15, -0.1) is 0 Å². The summed E-state index contributed by atoms with van der Waals surface area (Å²) in [4.78, 5) is 15.5. The number of hydrogen-bond acceptors (Lipinski definition) is 2. The van der Waals surface area contributed by atoms with Gasteiger partial charge < -0.3 is 0 Å². The van der Waals surface area contributed by atoms with E-state index in [0.717, 1.165) is 17.8 Å². The van der Waals surface area contributed by atoms with Crippen LogP contribution in [0.1, 0.15) is 31.7 Å². The van der Waals surface area contributed by atoms with E-state index in [1.807, 2.05) is 25.1 Å². The van der Waals surface area contributed by atoms with Crippen LogP contribution in [0.25, 0.3) is 0 Å². The van der Waals surface area contributed by atoms with Gasteiger partial charge in [0.15, 0.2) is 0 Å². The third-order valence-corrected chi connectivity index (χ3v) is 2.00. The molecule has 1 heterocycles. The summed E-state index contributed by atoms with van der Waals surface area (Å²) in [5, 5.41) is 0. The molecule has 0 saturated carbocycles. The standard InChI is InChI=1S/C11H15NO/c1-3-9-6-5-7-10(12-9)8-11(13)4-2/h5-7H,3-4,8H2,1-2H3. The molecule has 0 aliphatic rings. The minimum atomic E-state index is 0.251. The number of Topliss-reactive ketones (excluding diaryl/α,β-unsaturated/α-hetero) is 1. The molecular weight excluding hydrogens is 162 g/mol. The van der Waals surface area contributed by atoms with Gasteiger partial charge in [-0.2, -0.15) is 0 Å². The molecule has 0 saturated heterocycles. The highest BCUT2D eigenvalue weighted by Crippen LogP contribution is 2.02. The van der Waals surface area contributed by atoms with E-state index in [1.54, 1.807) is 0 Å². The number of hydrogen-bond donors (Lipinski definition) is 0. The van der Waals surface area contributed by atoms with Gasteiger partial charge in [-0.1, -0.05) is 19.9 Å². The van der Waals surface area contributed by atoms with Crippen LogP contribution in [0.15, 0.2) is 18.2 Å². The van der Waals surface area contributed by atoms with Crippen molar-refractivity contribution in [1.29, 1.82) is 0 Å². The summed E-state index contributed by atoms with van der Waals surface area (Å²) in [6.45, 7) is 3.94. The summed E-state index contributed by atoms with van der Waals surface area (Å²) in [5.41, 5.74) is 1.95. The van der Waals surface area contributed by atoms with Crippen molar-refractivity contribution in [3.8, 4) is 0 Å². The zero-order chi connectivity index (χ0) is 9.68. The molecule has 0 atom stereocenters. The van der Waals surface area contributed by atoms with E-state index >= 15 is 0 Å². The summed E-state index contributed by atoms with van der Waals surface area (Å²) in [7, 11) is 0. The van der Waals surface area contributed by atoms with E-state index in [2.05, 4.69) is 11.9 Å². The molecule has 2 heteroatoms. The van der Waals surface area contributed by atoms with E-state index < -0.39 is 0 Å². The lowest BCUT2D eigenvalue weighted by Gasteiger charge is -2.00. The number of ketones is 1. The van der Waals surface area contributed by atoms with Crippen molar-refractivity contribution in [3.05, 3.63) is 29.6 Å². The molecule has 2 nitrogen and oxygen atoms in total. The number of aromatic nitrogens is 1. The van der Waals surface area contributed by atoms with Gasteiger partial charge in [-0.05, 0) is 18.6 Å². The third kappa shape index (κ3) is 2.98. The highest BCUT2D eigenvalue weighted by atomic mass is 16.1. The summed E-state index contributed by atoms with van der Waals surface area (Å²) in [5.74, 6) is 0.251. The smallest absolute Gasteiger partial charge is 0.138 e. The molecule has 0 aliphatic heterocycles.